The van der Waals surface area contributed by atoms with Gasteiger partial charge in [0, 0.05) is 19.5 Å². The van der Waals surface area contributed by atoms with Crippen LogP contribution in [0.2, 0.25) is 0 Å². The molecule has 3 atom stereocenters. The number of carboxylic acid groups (broad SMARTS) is 3. The zero-order valence-corrected chi connectivity index (χ0v) is 22.3. The molecule has 0 heterocycles. The van der Waals surface area contributed by atoms with Gasteiger partial charge in [-0.3, -0.25) is 14.4 Å². The Labute approximate surface area is 203 Å². The van der Waals surface area contributed by atoms with E-state index in [4.69, 9.17) is 15.3 Å². The number of carbonyl (C=O) groups is 3. The normalized spacial score (nSPS) is 12.6. The second-order valence-electron chi connectivity index (χ2n) is 7.76. The molecule has 0 aliphatic rings. The number of unbranched alkanes of at least 4 members (excludes halogenated alkanes) is 3. The first-order valence-electron chi connectivity index (χ1n) is 11.8. The van der Waals surface area contributed by atoms with Crippen LogP contribution in [0.4, 0.5) is 0 Å². The zero-order valence-electron chi connectivity index (χ0n) is 20.6. The van der Waals surface area contributed by atoms with Gasteiger partial charge in [-0.15, -0.1) is 0 Å². The molecule has 0 spiro atoms. The Morgan fingerprint density at radius 2 is 0.710 bits per heavy atom. The standard InChI is InChI=1S/3C8H16O2.Rh/c3*1-3-5-6-7(4-2)8(9)10;/h3*7H,3-6H2,1-2H3,(H,9,10);. The van der Waals surface area contributed by atoms with Gasteiger partial charge in [0.05, 0.1) is 17.8 Å². The molecule has 31 heavy (non-hydrogen) atoms. The molecule has 0 bridgehead atoms. The van der Waals surface area contributed by atoms with Crippen LogP contribution in [0.15, 0.2) is 0 Å². The van der Waals surface area contributed by atoms with Crippen molar-refractivity contribution < 1.29 is 49.2 Å². The molecule has 1 radical (unpaired) electrons. The van der Waals surface area contributed by atoms with Gasteiger partial charge in [-0.25, -0.2) is 0 Å². The van der Waals surface area contributed by atoms with Crippen LogP contribution in [-0.2, 0) is 33.9 Å². The molecule has 0 saturated carbocycles. The van der Waals surface area contributed by atoms with E-state index in [9.17, 15) is 14.4 Å². The molecule has 0 rings (SSSR count). The van der Waals surface area contributed by atoms with Crippen LogP contribution in [0.3, 0.4) is 0 Å². The predicted molar refractivity (Wildman–Crippen MR) is 123 cm³/mol. The second kappa shape index (κ2) is 27.1. The van der Waals surface area contributed by atoms with Crippen LogP contribution in [0.5, 0.6) is 0 Å². The van der Waals surface area contributed by atoms with Crippen molar-refractivity contribution in [3.05, 3.63) is 0 Å². The van der Waals surface area contributed by atoms with Crippen molar-refractivity contribution in [2.75, 3.05) is 0 Å². The number of aliphatic carboxylic acids is 3. The minimum absolute atomic E-state index is 0. The molecule has 0 aromatic rings. The molecule has 6 nitrogen and oxygen atoms in total. The van der Waals surface area contributed by atoms with E-state index in [2.05, 4.69) is 20.8 Å². The first kappa shape index (κ1) is 37.4. The van der Waals surface area contributed by atoms with Gasteiger partial charge in [-0.05, 0) is 38.5 Å². The molecule has 0 aromatic carbocycles. The Kier molecular flexibility index (Phi) is 32.6. The fourth-order valence-corrected chi connectivity index (χ4v) is 2.86. The third-order valence-electron chi connectivity index (χ3n) is 5.24. The van der Waals surface area contributed by atoms with Crippen molar-refractivity contribution in [1.82, 2.24) is 0 Å². The Bertz CT molecular complexity index is 366. The number of hydrogen-bond donors (Lipinski definition) is 3. The number of carboxylic acids is 3. The fraction of sp³-hybridized carbons (Fsp3) is 0.875. The summed E-state index contributed by atoms with van der Waals surface area (Å²) in [5, 5.41) is 25.8. The van der Waals surface area contributed by atoms with E-state index >= 15 is 0 Å². The second-order valence-corrected chi connectivity index (χ2v) is 7.76. The van der Waals surface area contributed by atoms with Gasteiger partial charge < -0.3 is 15.3 Å². The van der Waals surface area contributed by atoms with Crippen molar-refractivity contribution in [3.8, 4) is 0 Å². The number of rotatable bonds is 15. The average Bonchev–Trinajstić information content (AvgIpc) is 2.70. The largest absolute Gasteiger partial charge is 0.481 e. The summed E-state index contributed by atoms with van der Waals surface area (Å²) in [5.41, 5.74) is 0. The molecular formula is C24H48O6Rh. The first-order chi connectivity index (χ1) is 14.2. The predicted octanol–water partition coefficient (Wildman–Crippen LogP) is 6.86. The van der Waals surface area contributed by atoms with Crippen LogP contribution in [0.25, 0.3) is 0 Å². The molecule has 189 valence electrons. The van der Waals surface area contributed by atoms with E-state index in [-0.39, 0.29) is 37.2 Å². The Balaban J connectivity index is -0.000000174. The summed E-state index contributed by atoms with van der Waals surface area (Å²) in [6.45, 7) is 12.0. The van der Waals surface area contributed by atoms with Crippen LogP contribution < -0.4 is 0 Å². The zero-order chi connectivity index (χ0) is 23.9. The average molecular weight is 536 g/mol. The van der Waals surface area contributed by atoms with Crippen molar-refractivity contribution in [1.29, 1.82) is 0 Å². The summed E-state index contributed by atoms with van der Waals surface area (Å²) < 4.78 is 0. The molecule has 0 aliphatic carbocycles. The third-order valence-corrected chi connectivity index (χ3v) is 5.24. The Morgan fingerprint density at radius 1 is 0.516 bits per heavy atom. The van der Waals surface area contributed by atoms with E-state index in [1.165, 1.54) is 0 Å². The molecule has 0 aliphatic heterocycles. The monoisotopic (exact) mass is 535 g/mol. The fourth-order valence-electron chi connectivity index (χ4n) is 2.86. The van der Waals surface area contributed by atoms with Crippen LogP contribution in [-0.4, -0.2) is 33.2 Å². The van der Waals surface area contributed by atoms with Crippen molar-refractivity contribution in [2.24, 2.45) is 17.8 Å². The Hall–Kier alpha value is -0.967. The van der Waals surface area contributed by atoms with Gasteiger partial charge in [0.15, 0.2) is 0 Å². The summed E-state index contributed by atoms with van der Waals surface area (Å²) in [5.74, 6) is -2.26. The van der Waals surface area contributed by atoms with E-state index in [0.29, 0.717) is 0 Å². The maximum absolute atomic E-state index is 10.4. The molecule has 0 saturated heterocycles. The summed E-state index contributed by atoms with van der Waals surface area (Å²) >= 11 is 0. The number of hydrogen-bond acceptors (Lipinski definition) is 3. The van der Waals surface area contributed by atoms with Gasteiger partial charge in [-0.1, -0.05) is 80.1 Å². The van der Waals surface area contributed by atoms with Crippen LogP contribution in [0.1, 0.15) is 119 Å². The maximum atomic E-state index is 10.4. The SMILES string of the molecule is CCCCC(CC)C(=O)O.CCCCC(CC)C(=O)O.CCCCC(CC)C(=O)O.[Rh]. The molecule has 3 unspecified atom stereocenters. The smallest absolute Gasteiger partial charge is 0.306 e. The van der Waals surface area contributed by atoms with Crippen molar-refractivity contribution >= 4 is 17.9 Å². The quantitative estimate of drug-likeness (QED) is 0.198. The van der Waals surface area contributed by atoms with Gasteiger partial charge in [0.25, 0.3) is 0 Å². The van der Waals surface area contributed by atoms with E-state index < -0.39 is 17.9 Å². The van der Waals surface area contributed by atoms with Crippen LogP contribution in [0, 0.1) is 17.8 Å². The summed E-state index contributed by atoms with van der Waals surface area (Å²) in [7, 11) is 0. The molecule has 3 N–H and O–H groups in total. The summed E-state index contributed by atoms with van der Waals surface area (Å²) in [6, 6.07) is 0. The van der Waals surface area contributed by atoms with E-state index in [1.807, 2.05) is 20.8 Å². The third kappa shape index (κ3) is 25.2. The minimum Gasteiger partial charge on any atom is -0.481 e. The molecule has 0 amide bonds. The molecular weight excluding hydrogens is 487 g/mol. The van der Waals surface area contributed by atoms with Crippen molar-refractivity contribution in [2.45, 2.75) is 119 Å². The maximum Gasteiger partial charge on any atom is 0.306 e. The Morgan fingerprint density at radius 3 is 0.806 bits per heavy atom. The van der Waals surface area contributed by atoms with Gasteiger partial charge in [0.1, 0.15) is 0 Å². The van der Waals surface area contributed by atoms with E-state index in [1.54, 1.807) is 0 Å². The van der Waals surface area contributed by atoms with Gasteiger partial charge in [0.2, 0.25) is 0 Å². The molecule has 7 heteroatoms. The molecule has 0 aromatic heterocycles. The summed E-state index contributed by atoms with van der Waals surface area (Å²) in [6.07, 6.45) is 11.1. The topological polar surface area (TPSA) is 112 Å². The minimum atomic E-state index is -0.643. The van der Waals surface area contributed by atoms with Gasteiger partial charge in [-0.2, -0.15) is 0 Å². The van der Waals surface area contributed by atoms with Crippen LogP contribution >= 0.6 is 0 Å². The van der Waals surface area contributed by atoms with Gasteiger partial charge >= 0.3 is 17.9 Å². The first-order valence-corrected chi connectivity index (χ1v) is 11.8. The van der Waals surface area contributed by atoms with E-state index in [0.717, 1.165) is 77.0 Å². The summed E-state index contributed by atoms with van der Waals surface area (Å²) in [4.78, 5) is 31.3. The molecule has 0 fully saturated rings. The van der Waals surface area contributed by atoms with Crippen molar-refractivity contribution in [3.63, 3.8) is 0 Å².